The lowest BCUT2D eigenvalue weighted by Crippen LogP contribution is -2.15. The first-order valence-corrected chi connectivity index (χ1v) is 10.3. The summed E-state index contributed by atoms with van der Waals surface area (Å²) in [6.45, 7) is 0. The number of nitrogens with two attached hydrogens (primary N) is 1. The van der Waals surface area contributed by atoms with Crippen molar-refractivity contribution in [2.24, 2.45) is 5.73 Å². The Hall–Kier alpha value is -2.81. The topological polar surface area (TPSA) is 98.0 Å². The molecule has 0 aliphatic rings. The van der Waals surface area contributed by atoms with Crippen LogP contribution in [0, 0.1) is 0 Å². The molecule has 4 aromatic rings. The minimum atomic E-state index is -0.470. The predicted octanol–water partition coefficient (Wildman–Crippen LogP) is 4.35. The van der Waals surface area contributed by atoms with Crippen LogP contribution >= 0.6 is 34.3 Å². The Bertz CT molecular complexity index is 1200. The van der Waals surface area contributed by atoms with Crippen LogP contribution in [0.3, 0.4) is 0 Å². The molecule has 3 aromatic heterocycles. The van der Waals surface area contributed by atoms with Gasteiger partial charge in [-0.05, 0) is 24.3 Å². The van der Waals surface area contributed by atoms with Gasteiger partial charge in [-0.3, -0.25) is 14.9 Å². The molecule has 2 amide bonds. The average Bonchev–Trinajstić information content (AvgIpc) is 3.29. The highest BCUT2D eigenvalue weighted by molar-refractivity contribution is 7.19. The molecule has 6 nitrogen and oxygen atoms in total. The first-order valence-electron chi connectivity index (χ1n) is 8.19. The van der Waals surface area contributed by atoms with Crippen LogP contribution in [0.2, 0.25) is 4.34 Å². The van der Waals surface area contributed by atoms with Gasteiger partial charge in [0.15, 0.2) is 5.13 Å². The number of carbonyl (C=O) groups is 2. The van der Waals surface area contributed by atoms with Crippen LogP contribution < -0.4 is 11.1 Å². The van der Waals surface area contributed by atoms with Gasteiger partial charge in [0, 0.05) is 10.8 Å². The monoisotopic (exact) mass is 428 g/mol. The number of nitrogens with one attached hydrogen (secondary N) is 1. The molecule has 0 bridgehead atoms. The number of hydrogen-bond acceptors (Lipinski definition) is 6. The molecule has 9 heteroatoms. The van der Waals surface area contributed by atoms with E-state index in [1.54, 1.807) is 17.5 Å². The fraction of sp³-hybridized carbons (Fsp3) is 0.0526. The SMILES string of the molecule is NC(=O)Cc1csc(NC(=O)c2cc(-c3ccc(Cl)s3)nc3ccccc23)n1. The van der Waals surface area contributed by atoms with Gasteiger partial charge in [0.05, 0.1) is 38.1 Å². The first-order chi connectivity index (χ1) is 13.5. The maximum absolute atomic E-state index is 13.0. The van der Waals surface area contributed by atoms with Gasteiger partial charge < -0.3 is 5.73 Å². The first kappa shape index (κ1) is 18.5. The van der Waals surface area contributed by atoms with E-state index in [0.717, 1.165) is 10.3 Å². The van der Waals surface area contributed by atoms with Crippen LogP contribution in [0.15, 0.2) is 47.8 Å². The molecule has 0 fully saturated rings. The zero-order valence-corrected chi connectivity index (χ0v) is 16.7. The number of amides is 2. The van der Waals surface area contributed by atoms with E-state index >= 15 is 0 Å². The minimum Gasteiger partial charge on any atom is -0.369 e. The van der Waals surface area contributed by atoms with Crippen LogP contribution in [0.5, 0.6) is 0 Å². The molecule has 0 aliphatic carbocycles. The van der Waals surface area contributed by atoms with Crippen LogP contribution in [0.1, 0.15) is 16.1 Å². The standard InChI is InChI=1S/C19H13ClN4O2S2/c20-16-6-5-15(28-16)14-8-12(11-3-1-2-4-13(11)23-14)18(26)24-19-22-10(9-27-19)7-17(21)25/h1-6,8-9H,7H2,(H2,21,25)(H,22,24,26). The van der Waals surface area contributed by atoms with Crippen molar-refractivity contribution in [3.05, 3.63) is 63.4 Å². The third kappa shape index (κ3) is 3.89. The summed E-state index contributed by atoms with van der Waals surface area (Å²) in [6, 6.07) is 12.9. The number of primary amides is 1. The molecular weight excluding hydrogens is 416 g/mol. The van der Waals surface area contributed by atoms with Crippen LogP contribution in [0.4, 0.5) is 5.13 Å². The summed E-state index contributed by atoms with van der Waals surface area (Å²) in [5.74, 6) is -0.773. The third-order valence-electron chi connectivity index (χ3n) is 3.91. The maximum Gasteiger partial charge on any atom is 0.258 e. The number of rotatable bonds is 5. The summed E-state index contributed by atoms with van der Waals surface area (Å²) in [4.78, 5) is 33.8. The van der Waals surface area contributed by atoms with E-state index in [1.165, 1.54) is 22.7 Å². The molecule has 3 heterocycles. The van der Waals surface area contributed by atoms with Crippen LogP contribution in [-0.4, -0.2) is 21.8 Å². The Morgan fingerprint density at radius 1 is 1.14 bits per heavy atom. The largest absolute Gasteiger partial charge is 0.369 e. The van der Waals surface area contributed by atoms with E-state index in [2.05, 4.69) is 15.3 Å². The van der Waals surface area contributed by atoms with Crippen molar-refractivity contribution in [3.8, 4) is 10.6 Å². The fourth-order valence-corrected chi connectivity index (χ4v) is 4.44. The lowest BCUT2D eigenvalue weighted by Gasteiger charge is -2.08. The average molecular weight is 429 g/mol. The molecule has 140 valence electrons. The summed E-state index contributed by atoms with van der Waals surface area (Å²) < 4.78 is 0.653. The van der Waals surface area contributed by atoms with Gasteiger partial charge in [0.1, 0.15) is 0 Å². The highest BCUT2D eigenvalue weighted by Crippen LogP contribution is 2.32. The number of aromatic nitrogens is 2. The molecule has 4 rings (SSSR count). The van der Waals surface area contributed by atoms with Gasteiger partial charge in [0.25, 0.3) is 5.91 Å². The van der Waals surface area contributed by atoms with Gasteiger partial charge >= 0.3 is 0 Å². The second-order valence-electron chi connectivity index (χ2n) is 5.92. The zero-order chi connectivity index (χ0) is 19.7. The molecule has 0 saturated heterocycles. The number of thiazole rings is 1. The molecule has 3 N–H and O–H groups in total. The number of thiophene rings is 1. The molecule has 0 unspecified atom stereocenters. The number of halogens is 1. The van der Waals surface area contributed by atoms with Crippen molar-refractivity contribution in [1.29, 1.82) is 0 Å². The molecule has 0 spiro atoms. The van der Waals surface area contributed by atoms with Gasteiger partial charge in [-0.15, -0.1) is 22.7 Å². The smallest absolute Gasteiger partial charge is 0.258 e. The summed E-state index contributed by atoms with van der Waals surface area (Å²) in [5, 5.41) is 5.63. The second kappa shape index (κ2) is 7.67. The van der Waals surface area contributed by atoms with Crippen molar-refractivity contribution >= 4 is 62.1 Å². The van der Waals surface area contributed by atoms with Gasteiger partial charge in [-0.2, -0.15) is 0 Å². The Balaban J connectivity index is 1.71. The summed E-state index contributed by atoms with van der Waals surface area (Å²) in [5.41, 5.74) is 7.58. The van der Waals surface area contributed by atoms with E-state index < -0.39 is 5.91 Å². The zero-order valence-electron chi connectivity index (χ0n) is 14.3. The normalized spacial score (nSPS) is 10.9. The number of benzene rings is 1. The van der Waals surface area contributed by atoms with E-state index in [9.17, 15) is 9.59 Å². The van der Waals surface area contributed by atoms with E-state index in [-0.39, 0.29) is 12.3 Å². The molecule has 28 heavy (non-hydrogen) atoms. The van der Waals surface area contributed by atoms with E-state index in [4.69, 9.17) is 17.3 Å². The molecule has 0 atom stereocenters. The van der Waals surface area contributed by atoms with E-state index in [1.807, 2.05) is 30.3 Å². The summed E-state index contributed by atoms with van der Waals surface area (Å²) in [6.07, 6.45) is 0.0356. The van der Waals surface area contributed by atoms with Gasteiger partial charge in [-0.1, -0.05) is 29.8 Å². The summed E-state index contributed by atoms with van der Waals surface area (Å²) in [7, 11) is 0. The van der Waals surface area contributed by atoms with Gasteiger partial charge in [-0.25, -0.2) is 9.97 Å². The maximum atomic E-state index is 13.0. The fourth-order valence-electron chi connectivity index (χ4n) is 2.73. The molecule has 0 aliphatic heterocycles. The number of carbonyl (C=O) groups excluding carboxylic acids is 2. The number of hydrogen-bond donors (Lipinski definition) is 2. The van der Waals surface area contributed by atoms with E-state index in [0.29, 0.717) is 31.9 Å². The molecule has 0 radical (unpaired) electrons. The van der Waals surface area contributed by atoms with Crippen molar-refractivity contribution < 1.29 is 9.59 Å². The number of anilines is 1. The third-order valence-corrected chi connectivity index (χ3v) is 5.97. The van der Waals surface area contributed by atoms with Crippen molar-refractivity contribution in [2.45, 2.75) is 6.42 Å². The molecule has 1 aromatic carbocycles. The highest BCUT2D eigenvalue weighted by Gasteiger charge is 2.16. The quantitative estimate of drug-likeness (QED) is 0.493. The Labute approximate surface area is 173 Å². The van der Waals surface area contributed by atoms with Gasteiger partial charge in [0.2, 0.25) is 5.91 Å². The lowest BCUT2D eigenvalue weighted by atomic mass is 10.1. The Morgan fingerprint density at radius 3 is 2.71 bits per heavy atom. The van der Waals surface area contributed by atoms with Crippen molar-refractivity contribution in [3.63, 3.8) is 0 Å². The van der Waals surface area contributed by atoms with Crippen molar-refractivity contribution in [2.75, 3.05) is 5.32 Å². The molecule has 0 saturated carbocycles. The Kier molecular flexibility index (Phi) is 5.08. The van der Waals surface area contributed by atoms with Crippen LogP contribution in [-0.2, 0) is 11.2 Å². The summed E-state index contributed by atoms with van der Waals surface area (Å²) >= 11 is 8.69. The number of pyridine rings is 1. The van der Waals surface area contributed by atoms with Crippen molar-refractivity contribution in [1.82, 2.24) is 9.97 Å². The predicted molar refractivity (Wildman–Crippen MR) is 113 cm³/mol. The minimum absolute atomic E-state index is 0.0356. The second-order valence-corrected chi connectivity index (χ2v) is 8.49. The number of fused-ring (bicyclic) bond motifs is 1. The number of para-hydroxylation sites is 1. The Morgan fingerprint density at radius 2 is 1.96 bits per heavy atom. The van der Waals surface area contributed by atoms with Crippen LogP contribution in [0.25, 0.3) is 21.5 Å². The highest BCUT2D eigenvalue weighted by atomic mass is 35.5. The number of nitrogens with zero attached hydrogens (tertiary/aromatic N) is 2. The molecular formula is C19H13ClN4O2S2. The lowest BCUT2D eigenvalue weighted by molar-refractivity contribution is -0.117.